The number of hydrogen-bond donors (Lipinski definition) is 0. The minimum absolute atomic E-state index is 0.136. The third-order valence-corrected chi connectivity index (χ3v) is 4.19. The Morgan fingerprint density at radius 1 is 1.52 bits per heavy atom. The topological polar surface area (TPSA) is 43.2 Å². The molecule has 5 nitrogen and oxygen atoms in total. The normalized spacial score (nSPS) is 21.8. The van der Waals surface area contributed by atoms with Crippen LogP contribution in [0.25, 0.3) is 11.0 Å². The van der Waals surface area contributed by atoms with Crippen molar-refractivity contribution in [1.29, 1.82) is 0 Å². The molecule has 6 heteroatoms. The van der Waals surface area contributed by atoms with Crippen LogP contribution in [0.2, 0.25) is 0 Å². The van der Waals surface area contributed by atoms with Crippen molar-refractivity contribution >= 4 is 22.6 Å². The van der Waals surface area contributed by atoms with Crippen molar-refractivity contribution in [2.24, 2.45) is 0 Å². The van der Waals surface area contributed by atoms with E-state index >= 15 is 0 Å². The first kappa shape index (κ1) is 14.8. The monoisotopic (exact) mass is 308 g/mol. The summed E-state index contributed by atoms with van der Waals surface area (Å²) in [6.07, 6.45) is 3.76. The van der Waals surface area contributed by atoms with Crippen LogP contribution < -0.4 is 0 Å². The van der Waals surface area contributed by atoms with E-state index in [0.29, 0.717) is 0 Å². The molecule has 0 N–H and O–H groups in total. The molecule has 0 aromatic carbocycles. The summed E-state index contributed by atoms with van der Waals surface area (Å²) in [4.78, 5) is 11.2. The molecule has 1 aliphatic heterocycles. The second kappa shape index (κ2) is 6.30. The molecule has 3 rings (SSSR count). The standard InChI is InChI=1S/C15H21ClN4O/c1-3-19-6-7-21-12(9-19)10-20-14-4-5-17-8-13(14)18-15(20)11(2)16/h4-5,8,11-12H,3,6-7,9-10H2,1-2H3. The smallest absolute Gasteiger partial charge is 0.127 e. The minimum Gasteiger partial charge on any atom is -0.374 e. The van der Waals surface area contributed by atoms with E-state index < -0.39 is 0 Å². The van der Waals surface area contributed by atoms with Gasteiger partial charge in [0.05, 0.1) is 36.3 Å². The van der Waals surface area contributed by atoms with E-state index in [0.717, 1.165) is 49.6 Å². The second-order valence-corrected chi connectivity index (χ2v) is 6.10. The van der Waals surface area contributed by atoms with Gasteiger partial charge < -0.3 is 9.30 Å². The largest absolute Gasteiger partial charge is 0.374 e. The Morgan fingerprint density at radius 3 is 3.14 bits per heavy atom. The van der Waals surface area contributed by atoms with Gasteiger partial charge in [0.25, 0.3) is 0 Å². The molecule has 1 fully saturated rings. The number of likely N-dealkylation sites (N-methyl/N-ethyl adjacent to an activating group) is 1. The van der Waals surface area contributed by atoms with Crippen LogP contribution in [0, 0.1) is 0 Å². The van der Waals surface area contributed by atoms with Crippen molar-refractivity contribution in [1.82, 2.24) is 19.4 Å². The predicted molar refractivity (Wildman–Crippen MR) is 83.7 cm³/mol. The van der Waals surface area contributed by atoms with E-state index in [1.807, 2.05) is 13.0 Å². The number of imidazole rings is 1. The molecule has 2 atom stereocenters. The van der Waals surface area contributed by atoms with Gasteiger partial charge in [0.15, 0.2) is 0 Å². The van der Waals surface area contributed by atoms with E-state index in [1.54, 1.807) is 12.4 Å². The third-order valence-electron chi connectivity index (χ3n) is 3.99. The minimum atomic E-state index is -0.136. The molecular formula is C15H21ClN4O. The Bertz CT molecular complexity index is 613. The molecule has 21 heavy (non-hydrogen) atoms. The van der Waals surface area contributed by atoms with Gasteiger partial charge in [0.1, 0.15) is 11.3 Å². The van der Waals surface area contributed by atoms with Crippen LogP contribution >= 0.6 is 11.6 Å². The molecule has 0 radical (unpaired) electrons. The molecule has 2 aromatic heterocycles. The summed E-state index contributed by atoms with van der Waals surface area (Å²) in [5, 5.41) is -0.136. The number of morpholine rings is 1. The van der Waals surface area contributed by atoms with Gasteiger partial charge in [0, 0.05) is 19.3 Å². The summed E-state index contributed by atoms with van der Waals surface area (Å²) in [7, 11) is 0. The summed E-state index contributed by atoms with van der Waals surface area (Å²) in [6, 6.07) is 1.99. The van der Waals surface area contributed by atoms with E-state index in [4.69, 9.17) is 16.3 Å². The summed E-state index contributed by atoms with van der Waals surface area (Å²) in [5.74, 6) is 0.886. The third kappa shape index (κ3) is 3.05. The maximum absolute atomic E-state index is 6.30. The van der Waals surface area contributed by atoms with Crippen LogP contribution in [-0.2, 0) is 11.3 Å². The highest BCUT2D eigenvalue weighted by Gasteiger charge is 2.23. The maximum Gasteiger partial charge on any atom is 0.127 e. The van der Waals surface area contributed by atoms with Gasteiger partial charge >= 0.3 is 0 Å². The van der Waals surface area contributed by atoms with E-state index in [1.165, 1.54) is 0 Å². The molecule has 2 unspecified atom stereocenters. The number of fused-ring (bicyclic) bond motifs is 1. The number of aromatic nitrogens is 3. The highest BCUT2D eigenvalue weighted by molar-refractivity contribution is 6.20. The molecule has 0 spiro atoms. The first-order valence-electron chi connectivity index (χ1n) is 7.47. The first-order chi connectivity index (χ1) is 10.2. The molecule has 3 heterocycles. The van der Waals surface area contributed by atoms with E-state index in [2.05, 4.69) is 26.4 Å². The van der Waals surface area contributed by atoms with E-state index in [-0.39, 0.29) is 11.5 Å². The van der Waals surface area contributed by atoms with Crippen molar-refractivity contribution in [3.63, 3.8) is 0 Å². The zero-order valence-electron chi connectivity index (χ0n) is 12.5. The lowest BCUT2D eigenvalue weighted by Crippen LogP contribution is -2.44. The Balaban J connectivity index is 1.90. The van der Waals surface area contributed by atoms with Crippen molar-refractivity contribution in [2.45, 2.75) is 31.9 Å². The molecule has 0 amide bonds. The number of halogens is 1. The zero-order chi connectivity index (χ0) is 14.8. The van der Waals surface area contributed by atoms with Crippen molar-refractivity contribution in [3.05, 3.63) is 24.3 Å². The highest BCUT2D eigenvalue weighted by atomic mass is 35.5. The lowest BCUT2D eigenvalue weighted by atomic mass is 10.2. The number of nitrogens with zero attached hydrogens (tertiary/aromatic N) is 4. The second-order valence-electron chi connectivity index (χ2n) is 5.45. The summed E-state index contributed by atoms with van der Waals surface area (Å²) in [6.45, 7) is 8.74. The lowest BCUT2D eigenvalue weighted by molar-refractivity contribution is -0.0341. The van der Waals surface area contributed by atoms with Crippen LogP contribution in [0.1, 0.15) is 25.0 Å². The van der Waals surface area contributed by atoms with Crippen LogP contribution in [0.15, 0.2) is 18.5 Å². The average molecular weight is 309 g/mol. The van der Waals surface area contributed by atoms with Crippen molar-refractivity contribution in [2.75, 3.05) is 26.2 Å². The number of pyridine rings is 1. The van der Waals surface area contributed by atoms with Crippen molar-refractivity contribution < 1.29 is 4.74 Å². The van der Waals surface area contributed by atoms with Gasteiger partial charge in [-0.05, 0) is 19.5 Å². The van der Waals surface area contributed by atoms with Crippen LogP contribution in [0.3, 0.4) is 0 Å². The zero-order valence-corrected chi connectivity index (χ0v) is 13.3. The number of ether oxygens (including phenoxy) is 1. The Kier molecular flexibility index (Phi) is 4.42. The molecule has 2 aromatic rings. The summed E-state index contributed by atoms with van der Waals surface area (Å²) < 4.78 is 8.10. The average Bonchev–Trinajstić information content (AvgIpc) is 2.87. The van der Waals surface area contributed by atoms with Gasteiger partial charge in [-0.1, -0.05) is 6.92 Å². The van der Waals surface area contributed by atoms with Crippen LogP contribution in [-0.4, -0.2) is 51.8 Å². The summed E-state index contributed by atoms with van der Waals surface area (Å²) >= 11 is 6.30. The SMILES string of the molecule is CCN1CCOC(Cn2c(C(C)Cl)nc3cnccc32)C1. The highest BCUT2D eigenvalue weighted by Crippen LogP contribution is 2.25. The maximum atomic E-state index is 6.30. The molecule has 1 aliphatic rings. The predicted octanol–water partition coefficient (Wildman–Crippen LogP) is 2.45. The molecule has 0 aliphatic carbocycles. The fraction of sp³-hybridized carbons (Fsp3) is 0.600. The van der Waals surface area contributed by atoms with Gasteiger partial charge in [-0.3, -0.25) is 9.88 Å². The fourth-order valence-corrected chi connectivity index (χ4v) is 3.04. The Morgan fingerprint density at radius 2 is 2.38 bits per heavy atom. The quantitative estimate of drug-likeness (QED) is 0.814. The lowest BCUT2D eigenvalue weighted by Gasteiger charge is -2.32. The van der Waals surface area contributed by atoms with Gasteiger partial charge in [0.2, 0.25) is 0 Å². The van der Waals surface area contributed by atoms with Crippen LogP contribution in [0.4, 0.5) is 0 Å². The Labute approximate surface area is 129 Å². The van der Waals surface area contributed by atoms with Gasteiger partial charge in [-0.2, -0.15) is 0 Å². The molecule has 1 saturated heterocycles. The molecule has 0 bridgehead atoms. The van der Waals surface area contributed by atoms with Crippen LogP contribution in [0.5, 0.6) is 0 Å². The van der Waals surface area contributed by atoms with Gasteiger partial charge in [-0.25, -0.2) is 4.98 Å². The number of rotatable bonds is 4. The fourth-order valence-electron chi connectivity index (χ4n) is 2.88. The first-order valence-corrected chi connectivity index (χ1v) is 7.91. The number of alkyl halides is 1. The van der Waals surface area contributed by atoms with E-state index in [9.17, 15) is 0 Å². The molecular weight excluding hydrogens is 288 g/mol. The van der Waals surface area contributed by atoms with Crippen molar-refractivity contribution in [3.8, 4) is 0 Å². The molecule has 0 saturated carbocycles. The van der Waals surface area contributed by atoms with Gasteiger partial charge in [-0.15, -0.1) is 11.6 Å². The number of hydrogen-bond acceptors (Lipinski definition) is 4. The Hall–Kier alpha value is -1.17. The molecule has 114 valence electrons. The summed E-state index contributed by atoms with van der Waals surface area (Å²) in [5.41, 5.74) is 1.97.